The van der Waals surface area contributed by atoms with Gasteiger partial charge in [-0.05, 0) is 18.6 Å². The predicted octanol–water partition coefficient (Wildman–Crippen LogP) is 2.30. The van der Waals surface area contributed by atoms with Gasteiger partial charge in [-0.2, -0.15) is 0 Å². The van der Waals surface area contributed by atoms with Gasteiger partial charge in [-0.15, -0.1) is 0 Å². The van der Waals surface area contributed by atoms with Crippen molar-refractivity contribution < 1.29 is 14.3 Å². The topological polar surface area (TPSA) is 35.5 Å². The van der Waals surface area contributed by atoms with Crippen LogP contribution in [0.3, 0.4) is 0 Å². The Hall–Kier alpha value is -2.05. The van der Waals surface area contributed by atoms with Crippen molar-refractivity contribution in [3.63, 3.8) is 0 Å². The first-order valence-electron chi connectivity index (χ1n) is 5.53. The van der Waals surface area contributed by atoms with Gasteiger partial charge >= 0.3 is 5.97 Å². The monoisotopic (exact) mass is 244 g/mol. The zero-order chi connectivity index (χ0) is 13.4. The Bertz CT molecular complexity index is 492. The summed E-state index contributed by atoms with van der Waals surface area (Å²) in [6.45, 7) is 6.63. The number of benzene rings is 1. The number of carbonyl (C=O) groups is 1. The molecule has 18 heavy (non-hydrogen) atoms. The molecule has 0 spiro atoms. The first-order valence-corrected chi connectivity index (χ1v) is 5.53. The Balaban J connectivity index is 2.75. The Morgan fingerprint density at radius 1 is 1.39 bits per heavy atom. The van der Waals surface area contributed by atoms with E-state index in [0.717, 1.165) is 16.7 Å². The molecular formula is C15H16O3. The van der Waals surface area contributed by atoms with Crippen molar-refractivity contribution in [2.24, 2.45) is 0 Å². The first kappa shape index (κ1) is 14.0. The molecule has 3 nitrogen and oxygen atoms in total. The summed E-state index contributed by atoms with van der Waals surface area (Å²) in [7, 11) is 1.30. The van der Waals surface area contributed by atoms with Crippen LogP contribution in [0.4, 0.5) is 0 Å². The molecule has 0 bridgehead atoms. The SMILES string of the molecule is C=C(C)COCc1ccccc1C#CC(=O)OC. The lowest BCUT2D eigenvalue weighted by Crippen LogP contribution is -1.99. The molecule has 1 aromatic rings. The number of esters is 1. The summed E-state index contributed by atoms with van der Waals surface area (Å²) < 4.78 is 9.94. The number of hydrogen-bond acceptors (Lipinski definition) is 3. The van der Waals surface area contributed by atoms with Crippen LogP contribution in [0.25, 0.3) is 0 Å². The zero-order valence-electron chi connectivity index (χ0n) is 10.7. The second-order valence-corrected chi connectivity index (χ2v) is 3.85. The molecular weight excluding hydrogens is 228 g/mol. The van der Waals surface area contributed by atoms with Crippen LogP contribution in [0.5, 0.6) is 0 Å². The summed E-state index contributed by atoms with van der Waals surface area (Å²) in [6.07, 6.45) is 0. The van der Waals surface area contributed by atoms with E-state index in [4.69, 9.17) is 4.74 Å². The number of hydrogen-bond donors (Lipinski definition) is 0. The second-order valence-electron chi connectivity index (χ2n) is 3.85. The van der Waals surface area contributed by atoms with Gasteiger partial charge in [-0.25, -0.2) is 4.79 Å². The van der Waals surface area contributed by atoms with Crippen LogP contribution < -0.4 is 0 Å². The van der Waals surface area contributed by atoms with Crippen molar-refractivity contribution in [3.05, 3.63) is 47.5 Å². The molecule has 0 aliphatic heterocycles. The lowest BCUT2D eigenvalue weighted by Gasteiger charge is -2.05. The van der Waals surface area contributed by atoms with E-state index >= 15 is 0 Å². The van der Waals surface area contributed by atoms with Crippen LogP contribution in [0.15, 0.2) is 36.4 Å². The minimum atomic E-state index is -0.548. The summed E-state index contributed by atoms with van der Waals surface area (Å²) >= 11 is 0. The predicted molar refractivity (Wildman–Crippen MR) is 69.8 cm³/mol. The molecule has 0 unspecified atom stereocenters. The van der Waals surface area contributed by atoms with Crippen LogP contribution in [0, 0.1) is 11.8 Å². The lowest BCUT2D eigenvalue weighted by molar-refractivity contribution is -0.133. The lowest BCUT2D eigenvalue weighted by atomic mass is 10.1. The van der Waals surface area contributed by atoms with Gasteiger partial charge in [0.05, 0.1) is 20.3 Å². The Morgan fingerprint density at radius 2 is 2.11 bits per heavy atom. The Morgan fingerprint density at radius 3 is 2.78 bits per heavy atom. The molecule has 0 aromatic heterocycles. The van der Waals surface area contributed by atoms with E-state index in [9.17, 15) is 4.79 Å². The third-order valence-electron chi connectivity index (χ3n) is 2.11. The van der Waals surface area contributed by atoms with Crippen LogP contribution in [0.1, 0.15) is 18.1 Å². The molecule has 0 fully saturated rings. The molecule has 1 rings (SSSR count). The van der Waals surface area contributed by atoms with Gasteiger partial charge in [0.25, 0.3) is 0 Å². The third-order valence-corrected chi connectivity index (χ3v) is 2.11. The Kier molecular flexibility index (Phi) is 5.69. The molecule has 0 aliphatic rings. The minimum absolute atomic E-state index is 0.443. The fraction of sp³-hybridized carbons (Fsp3) is 0.267. The standard InChI is InChI=1S/C15H16O3/c1-12(2)10-18-11-14-7-5-4-6-13(14)8-9-15(16)17-3/h4-7H,1,10-11H2,2-3H3. The first-order chi connectivity index (χ1) is 8.63. The smallest absolute Gasteiger partial charge is 0.384 e. The highest BCUT2D eigenvalue weighted by Crippen LogP contribution is 2.09. The van der Waals surface area contributed by atoms with E-state index in [0.29, 0.717) is 13.2 Å². The van der Waals surface area contributed by atoms with Crippen molar-refractivity contribution in [1.29, 1.82) is 0 Å². The van der Waals surface area contributed by atoms with Gasteiger partial charge in [-0.3, -0.25) is 0 Å². The molecule has 94 valence electrons. The van der Waals surface area contributed by atoms with Gasteiger partial charge in [0.1, 0.15) is 0 Å². The van der Waals surface area contributed by atoms with Gasteiger partial charge in [0, 0.05) is 11.5 Å². The van der Waals surface area contributed by atoms with Crippen molar-refractivity contribution in [2.75, 3.05) is 13.7 Å². The molecule has 0 aliphatic carbocycles. The van der Waals surface area contributed by atoms with E-state index < -0.39 is 5.97 Å². The molecule has 0 saturated heterocycles. The minimum Gasteiger partial charge on any atom is -0.459 e. The van der Waals surface area contributed by atoms with Gasteiger partial charge in [0.15, 0.2) is 0 Å². The molecule has 3 heteroatoms. The average molecular weight is 244 g/mol. The van der Waals surface area contributed by atoms with E-state index in [-0.39, 0.29) is 0 Å². The fourth-order valence-corrected chi connectivity index (χ4v) is 1.27. The fourth-order valence-electron chi connectivity index (χ4n) is 1.27. The maximum atomic E-state index is 11.0. The molecule has 0 saturated carbocycles. The van der Waals surface area contributed by atoms with Gasteiger partial charge < -0.3 is 9.47 Å². The van der Waals surface area contributed by atoms with Crippen LogP contribution >= 0.6 is 0 Å². The molecule has 0 heterocycles. The second kappa shape index (κ2) is 7.31. The number of carbonyl (C=O) groups excluding carboxylic acids is 1. The van der Waals surface area contributed by atoms with E-state index in [1.54, 1.807) is 0 Å². The molecule has 0 atom stereocenters. The number of rotatable bonds is 4. The highest BCUT2D eigenvalue weighted by atomic mass is 16.5. The summed E-state index contributed by atoms with van der Waals surface area (Å²) in [4.78, 5) is 11.0. The van der Waals surface area contributed by atoms with Crippen LogP contribution in [0.2, 0.25) is 0 Å². The molecule has 0 radical (unpaired) electrons. The van der Waals surface area contributed by atoms with Crippen molar-refractivity contribution in [3.8, 4) is 11.8 Å². The maximum Gasteiger partial charge on any atom is 0.384 e. The third kappa shape index (κ3) is 4.86. The molecule has 0 N–H and O–H groups in total. The number of ether oxygens (including phenoxy) is 2. The van der Waals surface area contributed by atoms with Crippen LogP contribution in [-0.4, -0.2) is 19.7 Å². The summed E-state index contributed by atoms with van der Waals surface area (Å²) in [6, 6.07) is 7.53. The van der Waals surface area contributed by atoms with Crippen molar-refractivity contribution >= 4 is 5.97 Å². The van der Waals surface area contributed by atoms with Gasteiger partial charge in [-0.1, -0.05) is 36.3 Å². The van der Waals surface area contributed by atoms with Crippen molar-refractivity contribution in [1.82, 2.24) is 0 Å². The zero-order valence-corrected chi connectivity index (χ0v) is 10.7. The summed E-state index contributed by atoms with van der Waals surface area (Å²) in [5.74, 6) is 4.63. The highest BCUT2D eigenvalue weighted by molar-refractivity contribution is 5.89. The molecule has 1 aromatic carbocycles. The van der Waals surface area contributed by atoms with Crippen LogP contribution in [-0.2, 0) is 20.9 Å². The Labute approximate surface area is 107 Å². The highest BCUT2D eigenvalue weighted by Gasteiger charge is 2.00. The van der Waals surface area contributed by atoms with E-state index in [1.807, 2.05) is 31.2 Å². The van der Waals surface area contributed by atoms with Crippen molar-refractivity contribution in [2.45, 2.75) is 13.5 Å². The summed E-state index contributed by atoms with van der Waals surface area (Å²) in [5, 5.41) is 0. The van der Waals surface area contributed by atoms with Gasteiger partial charge in [0.2, 0.25) is 0 Å². The summed E-state index contributed by atoms with van der Waals surface area (Å²) in [5.41, 5.74) is 2.67. The molecule has 0 amide bonds. The van der Waals surface area contributed by atoms with E-state index in [2.05, 4.69) is 23.2 Å². The maximum absolute atomic E-state index is 11.0. The number of methoxy groups -OCH3 is 1. The largest absolute Gasteiger partial charge is 0.459 e. The van der Waals surface area contributed by atoms with E-state index in [1.165, 1.54) is 7.11 Å². The quantitative estimate of drug-likeness (QED) is 0.463. The normalized spacial score (nSPS) is 9.22. The average Bonchev–Trinajstić information content (AvgIpc) is 2.36.